The molecule has 0 atom stereocenters. The molecule has 1 aromatic carbocycles. The summed E-state index contributed by atoms with van der Waals surface area (Å²) in [5.74, 6) is -0.969. The van der Waals surface area contributed by atoms with Gasteiger partial charge in [0.05, 0.1) is 5.56 Å². The van der Waals surface area contributed by atoms with Gasteiger partial charge in [-0.15, -0.1) is 0 Å². The summed E-state index contributed by atoms with van der Waals surface area (Å²) >= 11 is 0. The van der Waals surface area contributed by atoms with Crippen LogP contribution >= 0.6 is 0 Å². The molecule has 2 heterocycles. The highest BCUT2D eigenvalue weighted by molar-refractivity contribution is 5.99. The lowest BCUT2D eigenvalue weighted by Crippen LogP contribution is -2.40. The van der Waals surface area contributed by atoms with Crippen LogP contribution in [0.4, 0.5) is 8.78 Å². The molecule has 1 aliphatic heterocycles. The fourth-order valence-corrected chi connectivity index (χ4v) is 3.32. The Morgan fingerprint density at radius 2 is 2.04 bits per heavy atom. The van der Waals surface area contributed by atoms with E-state index in [0.717, 1.165) is 25.5 Å². The van der Waals surface area contributed by atoms with E-state index in [9.17, 15) is 13.6 Å². The lowest BCUT2D eigenvalue weighted by atomic mass is 9.96. The maximum Gasteiger partial charge on any atom is 0.257 e. The summed E-state index contributed by atoms with van der Waals surface area (Å²) in [5.41, 5.74) is 0.734. The molecule has 134 valence electrons. The first kappa shape index (κ1) is 17.5. The van der Waals surface area contributed by atoms with Crippen molar-refractivity contribution in [1.82, 2.24) is 20.0 Å². The van der Waals surface area contributed by atoms with Crippen LogP contribution in [0.1, 0.15) is 23.2 Å². The molecule has 2 aromatic rings. The van der Waals surface area contributed by atoms with E-state index in [1.165, 1.54) is 16.8 Å². The first-order valence-corrected chi connectivity index (χ1v) is 8.42. The number of carbonyl (C=O) groups excluding carboxylic acids is 1. The highest BCUT2D eigenvalue weighted by Crippen LogP contribution is 2.27. The van der Waals surface area contributed by atoms with E-state index in [1.807, 2.05) is 7.05 Å². The topological polar surface area (TPSA) is 50.2 Å². The number of amides is 1. The van der Waals surface area contributed by atoms with Gasteiger partial charge in [-0.05, 0) is 44.5 Å². The van der Waals surface area contributed by atoms with Gasteiger partial charge in [-0.3, -0.25) is 9.48 Å². The Bertz CT molecular complexity index is 766. The van der Waals surface area contributed by atoms with Crippen LogP contribution in [-0.2, 0) is 7.05 Å². The van der Waals surface area contributed by atoms with Gasteiger partial charge in [0.2, 0.25) is 0 Å². The summed E-state index contributed by atoms with van der Waals surface area (Å²) in [5, 5.41) is 7.40. The molecule has 1 aromatic heterocycles. The van der Waals surface area contributed by atoms with E-state index in [1.54, 1.807) is 18.1 Å². The number of halogens is 2. The third-order valence-electron chi connectivity index (χ3n) is 4.64. The van der Waals surface area contributed by atoms with Crippen molar-refractivity contribution < 1.29 is 13.6 Å². The van der Waals surface area contributed by atoms with E-state index in [-0.39, 0.29) is 17.2 Å². The number of rotatable bonds is 4. The minimum atomic E-state index is -0.722. The first-order chi connectivity index (χ1) is 12.0. The molecule has 0 bridgehead atoms. The number of benzene rings is 1. The number of hydrogen-bond acceptors (Lipinski definition) is 3. The molecule has 0 radical (unpaired) electrons. The Kier molecular flexibility index (Phi) is 5.13. The predicted octanol–water partition coefficient (Wildman–Crippen LogP) is 2.44. The fraction of sp³-hybridized carbons (Fsp3) is 0.444. The van der Waals surface area contributed by atoms with Crippen molar-refractivity contribution in [3.63, 3.8) is 0 Å². The number of aromatic nitrogens is 2. The van der Waals surface area contributed by atoms with Crippen molar-refractivity contribution in [3.05, 3.63) is 41.6 Å². The Balaban J connectivity index is 1.85. The molecular formula is C18H22F2N4O. The third-order valence-corrected chi connectivity index (χ3v) is 4.64. The SMILES string of the molecule is CNCC1CCN(C(=O)c2cn(C)nc2-c2ccc(F)cc2F)CC1. The molecule has 3 rings (SSSR count). The molecule has 7 heteroatoms. The lowest BCUT2D eigenvalue weighted by Gasteiger charge is -2.31. The summed E-state index contributed by atoms with van der Waals surface area (Å²) in [6, 6.07) is 3.30. The van der Waals surface area contributed by atoms with Crippen molar-refractivity contribution in [2.75, 3.05) is 26.7 Å². The van der Waals surface area contributed by atoms with Crippen LogP contribution < -0.4 is 5.32 Å². The standard InChI is InChI=1S/C18H22F2N4O/c1-21-10-12-5-7-24(8-6-12)18(25)15-11-23(2)22-17(15)14-4-3-13(19)9-16(14)20/h3-4,9,11-12,21H,5-8,10H2,1-2H3. The van der Waals surface area contributed by atoms with Crippen LogP contribution in [-0.4, -0.2) is 47.3 Å². The number of piperidine rings is 1. The van der Waals surface area contributed by atoms with Crippen LogP contribution in [0.5, 0.6) is 0 Å². The molecule has 1 amide bonds. The van der Waals surface area contributed by atoms with Gasteiger partial charge in [0.25, 0.3) is 5.91 Å². The van der Waals surface area contributed by atoms with E-state index < -0.39 is 11.6 Å². The first-order valence-electron chi connectivity index (χ1n) is 8.42. The van der Waals surface area contributed by atoms with E-state index in [4.69, 9.17) is 0 Å². The van der Waals surface area contributed by atoms with Gasteiger partial charge in [0, 0.05) is 38.0 Å². The van der Waals surface area contributed by atoms with Gasteiger partial charge in [0.15, 0.2) is 0 Å². The predicted molar refractivity (Wildman–Crippen MR) is 91.1 cm³/mol. The van der Waals surface area contributed by atoms with Crippen LogP contribution in [0, 0.1) is 17.6 Å². The van der Waals surface area contributed by atoms with Gasteiger partial charge in [-0.2, -0.15) is 5.10 Å². The summed E-state index contributed by atoms with van der Waals surface area (Å²) in [6.45, 7) is 2.29. The normalized spacial score (nSPS) is 15.6. The van der Waals surface area contributed by atoms with Crippen molar-refractivity contribution in [2.24, 2.45) is 13.0 Å². The zero-order valence-corrected chi connectivity index (χ0v) is 14.4. The molecular weight excluding hydrogens is 326 g/mol. The second kappa shape index (κ2) is 7.31. The molecule has 5 nitrogen and oxygen atoms in total. The van der Waals surface area contributed by atoms with E-state index >= 15 is 0 Å². The number of carbonyl (C=O) groups is 1. The number of nitrogens with zero attached hydrogens (tertiary/aromatic N) is 3. The van der Waals surface area contributed by atoms with Crippen molar-refractivity contribution in [3.8, 4) is 11.3 Å². The van der Waals surface area contributed by atoms with Gasteiger partial charge in [-0.1, -0.05) is 0 Å². The van der Waals surface area contributed by atoms with Gasteiger partial charge >= 0.3 is 0 Å². The zero-order valence-electron chi connectivity index (χ0n) is 14.4. The molecule has 1 N–H and O–H groups in total. The highest BCUT2D eigenvalue weighted by atomic mass is 19.1. The Morgan fingerprint density at radius 3 is 2.68 bits per heavy atom. The number of aryl methyl sites for hydroxylation is 1. The summed E-state index contributed by atoms with van der Waals surface area (Å²) in [7, 11) is 3.61. The second-order valence-electron chi connectivity index (χ2n) is 6.48. The van der Waals surface area contributed by atoms with Gasteiger partial charge in [0.1, 0.15) is 17.3 Å². The average molecular weight is 348 g/mol. The van der Waals surface area contributed by atoms with Crippen LogP contribution in [0.2, 0.25) is 0 Å². The largest absolute Gasteiger partial charge is 0.339 e. The highest BCUT2D eigenvalue weighted by Gasteiger charge is 2.27. The summed E-state index contributed by atoms with van der Waals surface area (Å²) < 4.78 is 28.8. The maximum absolute atomic E-state index is 14.1. The van der Waals surface area contributed by atoms with Gasteiger partial charge < -0.3 is 10.2 Å². The van der Waals surface area contributed by atoms with Crippen LogP contribution in [0.3, 0.4) is 0 Å². The number of likely N-dealkylation sites (tertiary alicyclic amines) is 1. The smallest absolute Gasteiger partial charge is 0.257 e. The van der Waals surface area contributed by atoms with Crippen molar-refractivity contribution >= 4 is 5.91 Å². The Labute approximate surface area is 145 Å². The van der Waals surface area contributed by atoms with E-state index in [2.05, 4.69) is 10.4 Å². The molecule has 25 heavy (non-hydrogen) atoms. The van der Waals surface area contributed by atoms with Crippen LogP contribution in [0.25, 0.3) is 11.3 Å². The minimum absolute atomic E-state index is 0.135. The minimum Gasteiger partial charge on any atom is -0.339 e. The number of nitrogens with one attached hydrogen (secondary N) is 1. The van der Waals surface area contributed by atoms with Crippen LogP contribution in [0.15, 0.2) is 24.4 Å². The molecule has 0 aliphatic carbocycles. The summed E-state index contributed by atoms with van der Waals surface area (Å²) in [4.78, 5) is 14.7. The zero-order chi connectivity index (χ0) is 18.0. The second-order valence-corrected chi connectivity index (χ2v) is 6.48. The maximum atomic E-state index is 14.1. The third kappa shape index (κ3) is 3.71. The molecule has 1 fully saturated rings. The van der Waals surface area contributed by atoms with E-state index in [0.29, 0.717) is 24.6 Å². The molecule has 0 unspecified atom stereocenters. The molecule has 0 spiro atoms. The quantitative estimate of drug-likeness (QED) is 0.923. The number of hydrogen-bond donors (Lipinski definition) is 1. The average Bonchev–Trinajstić information content (AvgIpc) is 2.97. The Hall–Kier alpha value is -2.28. The fourth-order valence-electron chi connectivity index (χ4n) is 3.32. The van der Waals surface area contributed by atoms with Crippen molar-refractivity contribution in [1.29, 1.82) is 0 Å². The Morgan fingerprint density at radius 1 is 1.32 bits per heavy atom. The molecule has 1 saturated heterocycles. The lowest BCUT2D eigenvalue weighted by molar-refractivity contribution is 0.0691. The molecule has 0 saturated carbocycles. The molecule has 1 aliphatic rings. The van der Waals surface area contributed by atoms with Gasteiger partial charge in [-0.25, -0.2) is 8.78 Å². The summed E-state index contributed by atoms with van der Waals surface area (Å²) in [6.07, 6.45) is 3.47. The monoisotopic (exact) mass is 348 g/mol. The van der Waals surface area contributed by atoms with Crippen molar-refractivity contribution in [2.45, 2.75) is 12.8 Å².